The van der Waals surface area contributed by atoms with Gasteiger partial charge in [-0.2, -0.15) is 0 Å². The van der Waals surface area contributed by atoms with Gasteiger partial charge in [0.05, 0.1) is 0 Å². The van der Waals surface area contributed by atoms with Crippen LogP contribution in [0.2, 0.25) is 0 Å². The minimum Gasteiger partial charge on any atom is -0.309 e. The molecule has 0 atom stereocenters. The van der Waals surface area contributed by atoms with Crippen molar-refractivity contribution in [3.8, 4) is 11.1 Å². The Labute approximate surface area is 244 Å². The molecule has 0 N–H and O–H groups in total. The number of halogens is 2. The second-order valence-electron chi connectivity index (χ2n) is 9.83. The van der Waals surface area contributed by atoms with Crippen LogP contribution in [0.15, 0.2) is 158 Å². The van der Waals surface area contributed by atoms with Crippen molar-refractivity contribution in [3.05, 3.63) is 169 Å². The lowest BCUT2D eigenvalue weighted by molar-refractivity contribution is 0.590. The predicted octanol–water partition coefficient (Wildman–Crippen LogP) is 6.91. The van der Waals surface area contributed by atoms with E-state index in [0.717, 1.165) is 0 Å². The van der Waals surface area contributed by atoms with Gasteiger partial charge in [0.15, 0.2) is 14.3 Å². The van der Waals surface area contributed by atoms with E-state index in [2.05, 4.69) is 0 Å². The molecule has 0 saturated heterocycles. The third kappa shape index (κ3) is 4.68. The van der Waals surface area contributed by atoms with Gasteiger partial charge in [0, 0.05) is 43.0 Å². The molecule has 0 spiro atoms. The molecule has 0 aliphatic carbocycles. The largest absolute Gasteiger partial charge is 0.309 e. The summed E-state index contributed by atoms with van der Waals surface area (Å²) in [4.78, 5) is 0. The molecule has 2 nitrogen and oxygen atoms in total. The lowest BCUT2D eigenvalue weighted by Crippen LogP contribution is -2.30. The third-order valence-corrected chi connectivity index (χ3v) is 13.6. The molecule has 0 heterocycles. The van der Waals surface area contributed by atoms with Gasteiger partial charge in [-0.25, -0.2) is 8.78 Å². The number of rotatable bonds is 7. The van der Waals surface area contributed by atoms with Crippen LogP contribution in [0.3, 0.4) is 0 Å². The molecule has 0 saturated carbocycles. The van der Waals surface area contributed by atoms with Gasteiger partial charge in [-0.05, 0) is 12.1 Å². The minimum absolute atomic E-state index is 0.138. The van der Waals surface area contributed by atoms with Crippen LogP contribution < -0.4 is 31.8 Å². The Balaban J connectivity index is 1.73. The molecule has 0 amide bonds. The quantitative estimate of drug-likeness (QED) is 0.190. The SMILES string of the molecule is O=P(c1ccccc1)(c1ccccc1)c1cccc(F)c1-c1c(F)cccc1P(=O)(c1ccccc1)c1ccccc1. The van der Waals surface area contributed by atoms with Gasteiger partial charge < -0.3 is 9.13 Å². The van der Waals surface area contributed by atoms with Crippen LogP contribution in [0, 0.1) is 11.6 Å². The Morgan fingerprint density at radius 2 is 0.595 bits per heavy atom. The molecule has 0 unspecified atom stereocenters. The zero-order valence-electron chi connectivity index (χ0n) is 22.5. The van der Waals surface area contributed by atoms with Crippen LogP contribution in [0.4, 0.5) is 8.78 Å². The van der Waals surface area contributed by atoms with Crippen LogP contribution in [0.25, 0.3) is 11.1 Å². The van der Waals surface area contributed by atoms with Gasteiger partial charge in [0.1, 0.15) is 11.6 Å². The molecular weight excluding hydrogens is 564 g/mol. The van der Waals surface area contributed by atoms with Crippen LogP contribution >= 0.6 is 14.3 Å². The lowest BCUT2D eigenvalue weighted by Gasteiger charge is -2.27. The molecule has 206 valence electrons. The normalized spacial score (nSPS) is 11.8. The summed E-state index contributed by atoms with van der Waals surface area (Å²) in [6.07, 6.45) is 0. The van der Waals surface area contributed by atoms with Crippen molar-refractivity contribution in [2.45, 2.75) is 0 Å². The van der Waals surface area contributed by atoms with Gasteiger partial charge in [0.2, 0.25) is 0 Å². The monoisotopic (exact) mass is 590 g/mol. The smallest absolute Gasteiger partial charge is 0.171 e. The summed E-state index contributed by atoms with van der Waals surface area (Å²) in [5, 5.41) is 2.20. The van der Waals surface area contributed by atoms with Gasteiger partial charge in [0.25, 0.3) is 0 Å². The van der Waals surface area contributed by atoms with Crippen molar-refractivity contribution in [2.24, 2.45) is 0 Å². The second kappa shape index (κ2) is 11.5. The van der Waals surface area contributed by atoms with E-state index in [1.165, 1.54) is 24.3 Å². The van der Waals surface area contributed by atoms with Gasteiger partial charge in [-0.1, -0.05) is 146 Å². The first-order chi connectivity index (χ1) is 20.5. The first-order valence-electron chi connectivity index (χ1n) is 13.5. The Morgan fingerprint density at radius 1 is 0.333 bits per heavy atom. The molecule has 42 heavy (non-hydrogen) atoms. The third-order valence-electron chi connectivity index (χ3n) is 7.39. The van der Waals surface area contributed by atoms with Gasteiger partial charge in [-0.3, -0.25) is 0 Å². The van der Waals surface area contributed by atoms with E-state index in [9.17, 15) is 0 Å². The molecule has 0 aliphatic heterocycles. The van der Waals surface area contributed by atoms with E-state index >= 15 is 17.9 Å². The topological polar surface area (TPSA) is 34.1 Å². The van der Waals surface area contributed by atoms with Gasteiger partial charge in [-0.15, -0.1) is 0 Å². The molecule has 0 bridgehead atoms. The van der Waals surface area contributed by atoms with Crippen LogP contribution in [-0.2, 0) is 9.13 Å². The number of hydrogen-bond donors (Lipinski definition) is 0. The van der Waals surface area contributed by atoms with E-state index < -0.39 is 25.9 Å². The van der Waals surface area contributed by atoms with Crippen molar-refractivity contribution in [2.75, 3.05) is 0 Å². The number of benzene rings is 6. The van der Waals surface area contributed by atoms with E-state index in [4.69, 9.17) is 0 Å². The summed E-state index contributed by atoms with van der Waals surface area (Å²) >= 11 is 0. The first kappa shape index (κ1) is 27.8. The molecule has 6 aromatic rings. The summed E-state index contributed by atoms with van der Waals surface area (Å²) in [6.45, 7) is 0. The van der Waals surface area contributed by atoms with Crippen molar-refractivity contribution >= 4 is 46.1 Å². The Hall–Kier alpha value is -4.36. The predicted molar refractivity (Wildman–Crippen MR) is 171 cm³/mol. The van der Waals surface area contributed by atoms with E-state index in [0.29, 0.717) is 21.2 Å². The fourth-order valence-electron chi connectivity index (χ4n) is 5.45. The molecule has 6 rings (SSSR count). The molecule has 0 fully saturated rings. The average Bonchev–Trinajstić information content (AvgIpc) is 3.05. The molecule has 0 aromatic heterocycles. The van der Waals surface area contributed by atoms with Crippen molar-refractivity contribution in [1.29, 1.82) is 0 Å². The van der Waals surface area contributed by atoms with Crippen molar-refractivity contribution in [3.63, 3.8) is 0 Å². The summed E-state index contributed by atoms with van der Waals surface area (Å²) < 4.78 is 63.4. The first-order valence-corrected chi connectivity index (χ1v) is 16.9. The maximum Gasteiger partial charge on any atom is 0.171 e. The fourth-order valence-corrected chi connectivity index (χ4v) is 11.2. The van der Waals surface area contributed by atoms with Crippen LogP contribution in [0.5, 0.6) is 0 Å². The maximum absolute atomic E-state index is 16.3. The summed E-state index contributed by atoms with van der Waals surface area (Å²) in [5.41, 5.74) is -0.317. The van der Waals surface area contributed by atoms with Crippen LogP contribution in [-0.4, -0.2) is 0 Å². The van der Waals surface area contributed by atoms with Gasteiger partial charge >= 0.3 is 0 Å². The van der Waals surface area contributed by atoms with E-state index in [-0.39, 0.29) is 21.7 Å². The Kier molecular flexibility index (Phi) is 7.60. The molecule has 0 radical (unpaired) electrons. The maximum atomic E-state index is 16.3. The molecule has 6 aromatic carbocycles. The lowest BCUT2D eigenvalue weighted by atomic mass is 10.0. The molecule has 6 heteroatoms. The average molecular weight is 591 g/mol. The highest BCUT2D eigenvalue weighted by Gasteiger charge is 2.38. The molecule has 0 aliphatic rings. The standard InChI is InChI=1S/C36H26F2O2P2/c37-31-23-13-25-33(41(39,27-15-5-1-6-16-27)28-17-7-2-8-18-28)35(31)36-32(38)24-14-26-34(36)42(40,29-19-9-3-10-20-29)30-21-11-4-12-22-30/h1-26H. The summed E-state index contributed by atoms with van der Waals surface area (Å²) in [7, 11) is -7.48. The van der Waals surface area contributed by atoms with E-state index in [1.54, 1.807) is 109 Å². The minimum atomic E-state index is -3.74. The highest BCUT2D eigenvalue weighted by Crippen LogP contribution is 2.49. The van der Waals surface area contributed by atoms with E-state index in [1.807, 2.05) is 24.3 Å². The highest BCUT2D eigenvalue weighted by molar-refractivity contribution is 7.86. The summed E-state index contributed by atoms with van der Waals surface area (Å²) in [6, 6.07) is 44.0. The summed E-state index contributed by atoms with van der Waals surface area (Å²) in [5.74, 6) is -1.50. The second-order valence-corrected chi connectivity index (χ2v) is 15.3. The number of hydrogen-bond acceptors (Lipinski definition) is 2. The van der Waals surface area contributed by atoms with Crippen molar-refractivity contribution < 1.29 is 17.9 Å². The fraction of sp³-hybridized carbons (Fsp3) is 0. The highest BCUT2D eigenvalue weighted by atomic mass is 31.2. The Morgan fingerprint density at radius 3 is 0.857 bits per heavy atom. The zero-order valence-corrected chi connectivity index (χ0v) is 24.3. The molecular formula is C36H26F2O2P2. The van der Waals surface area contributed by atoms with Crippen LogP contribution in [0.1, 0.15) is 0 Å². The Bertz CT molecular complexity index is 1710. The van der Waals surface area contributed by atoms with Crippen molar-refractivity contribution in [1.82, 2.24) is 0 Å². The zero-order chi connectivity index (χ0) is 29.2.